The molecule has 1 heterocycles. The van der Waals surface area contributed by atoms with E-state index < -0.39 is 23.2 Å². The second-order valence-corrected chi connectivity index (χ2v) is 9.22. The van der Waals surface area contributed by atoms with Gasteiger partial charge in [-0.25, -0.2) is 4.79 Å². The Labute approximate surface area is 203 Å². The van der Waals surface area contributed by atoms with Crippen LogP contribution in [0, 0.1) is 0 Å². The molecule has 0 aliphatic carbocycles. The summed E-state index contributed by atoms with van der Waals surface area (Å²) in [5, 5.41) is 1.80. The molecule has 8 heteroatoms. The number of thioether (sulfide) groups is 1. The summed E-state index contributed by atoms with van der Waals surface area (Å²) in [7, 11) is 1.22. The van der Waals surface area contributed by atoms with E-state index in [0.29, 0.717) is 12.4 Å². The van der Waals surface area contributed by atoms with Crippen LogP contribution in [0.5, 0.6) is 5.75 Å². The Bertz CT molecular complexity index is 1280. The normalized spacial score (nSPS) is 15.8. The number of carbonyl (C=O) groups is 3. The molecule has 0 radical (unpaired) electrons. The first-order chi connectivity index (χ1) is 15.9. The smallest absolute Gasteiger partial charge is 0.328 e. The molecular formula is C25H20BrNO5S. The van der Waals surface area contributed by atoms with Gasteiger partial charge in [0.05, 0.1) is 16.5 Å². The lowest BCUT2D eigenvalue weighted by Gasteiger charge is -2.18. The molecular weight excluding hydrogens is 506 g/mol. The van der Waals surface area contributed by atoms with E-state index in [0.717, 1.165) is 43.0 Å². The first kappa shape index (κ1) is 23.1. The second kappa shape index (κ2) is 9.80. The number of nitrogens with zero attached hydrogens (tertiary/aromatic N) is 1. The Morgan fingerprint density at radius 3 is 2.64 bits per heavy atom. The van der Waals surface area contributed by atoms with Crippen LogP contribution in [0.4, 0.5) is 4.79 Å². The van der Waals surface area contributed by atoms with Crippen molar-refractivity contribution in [2.24, 2.45) is 0 Å². The number of hydrogen-bond acceptors (Lipinski definition) is 6. The summed E-state index contributed by atoms with van der Waals surface area (Å²) >= 11 is 4.32. The van der Waals surface area contributed by atoms with Crippen LogP contribution in [-0.4, -0.2) is 35.2 Å². The van der Waals surface area contributed by atoms with Crippen molar-refractivity contribution in [3.05, 3.63) is 81.2 Å². The molecule has 0 aromatic heterocycles. The van der Waals surface area contributed by atoms with Crippen LogP contribution in [-0.2, 0) is 20.9 Å². The van der Waals surface area contributed by atoms with Gasteiger partial charge in [0.25, 0.3) is 11.1 Å². The Morgan fingerprint density at radius 1 is 1.12 bits per heavy atom. The molecule has 6 nitrogen and oxygen atoms in total. The van der Waals surface area contributed by atoms with Gasteiger partial charge in [0.15, 0.2) is 0 Å². The number of methoxy groups -OCH3 is 1. The first-order valence-corrected chi connectivity index (χ1v) is 11.7. The summed E-state index contributed by atoms with van der Waals surface area (Å²) in [6, 6.07) is 18.7. The molecule has 0 spiro atoms. The highest BCUT2D eigenvalue weighted by Crippen LogP contribution is 2.35. The predicted molar refractivity (Wildman–Crippen MR) is 132 cm³/mol. The minimum atomic E-state index is -0.982. The zero-order valence-electron chi connectivity index (χ0n) is 17.9. The van der Waals surface area contributed by atoms with Crippen LogP contribution < -0.4 is 4.74 Å². The van der Waals surface area contributed by atoms with Crippen LogP contribution >= 0.6 is 27.7 Å². The van der Waals surface area contributed by atoms with Crippen molar-refractivity contribution in [3.8, 4) is 5.75 Å². The lowest BCUT2D eigenvalue weighted by molar-refractivity contribution is -0.148. The van der Waals surface area contributed by atoms with Crippen LogP contribution in [0.1, 0.15) is 18.1 Å². The number of ether oxygens (including phenoxy) is 2. The summed E-state index contributed by atoms with van der Waals surface area (Å²) in [6.45, 7) is 1.87. The summed E-state index contributed by atoms with van der Waals surface area (Å²) in [5.41, 5.74) is 1.80. The maximum atomic E-state index is 12.7. The van der Waals surface area contributed by atoms with Crippen molar-refractivity contribution >= 4 is 61.7 Å². The van der Waals surface area contributed by atoms with Gasteiger partial charge in [-0.05, 0) is 74.7 Å². The van der Waals surface area contributed by atoms with Gasteiger partial charge < -0.3 is 9.47 Å². The van der Waals surface area contributed by atoms with Gasteiger partial charge in [-0.2, -0.15) is 0 Å². The molecule has 3 aromatic rings. The highest BCUT2D eigenvalue weighted by molar-refractivity contribution is 9.10. The standard InChI is InChI=1S/C25H20BrNO5S/c1-15(24(29)31-2)27-23(28)22(33-25(27)30)13-16-10-11-21(20(26)12-16)32-14-18-8-5-7-17-6-3-4-9-19(17)18/h3-13,15H,14H2,1-2H3/b22-13+/t15-/m0/s1. The van der Waals surface area contributed by atoms with E-state index in [2.05, 4.69) is 38.9 Å². The van der Waals surface area contributed by atoms with Crippen molar-refractivity contribution < 1.29 is 23.9 Å². The molecule has 0 saturated carbocycles. The van der Waals surface area contributed by atoms with Gasteiger partial charge in [-0.15, -0.1) is 0 Å². The Hall–Kier alpha value is -3.10. The van der Waals surface area contributed by atoms with Crippen LogP contribution in [0.2, 0.25) is 0 Å². The molecule has 33 heavy (non-hydrogen) atoms. The third kappa shape index (κ3) is 4.82. The molecule has 0 unspecified atom stereocenters. The van der Waals surface area contributed by atoms with Gasteiger partial charge in [-0.3, -0.25) is 14.5 Å². The molecule has 0 N–H and O–H groups in total. The monoisotopic (exact) mass is 525 g/mol. The van der Waals surface area contributed by atoms with Crippen LogP contribution in [0.25, 0.3) is 16.8 Å². The minimum Gasteiger partial charge on any atom is -0.488 e. The van der Waals surface area contributed by atoms with Crippen LogP contribution in [0.15, 0.2) is 70.0 Å². The van der Waals surface area contributed by atoms with Crippen molar-refractivity contribution in [3.63, 3.8) is 0 Å². The Balaban J connectivity index is 1.50. The lowest BCUT2D eigenvalue weighted by atomic mass is 10.1. The molecule has 2 amide bonds. The maximum Gasteiger partial charge on any atom is 0.328 e. The molecule has 3 aromatic carbocycles. The van der Waals surface area contributed by atoms with Crippen molar-refractivity contribution in [1.82, 2.24) is 4.90 Å². The topological polar surface area (TPSA) is 72.9 Å². The fourth-order valence-corrected chi connectivity index (χ4v) is 4.96. The molecule has 168 valence electrons. The lowest BCUT2D eigenvalue weighted by Crippen LogP contribution is -2.42. The van der Waals surface area contributed by atoms with Gasteiger partial charge in [0.1, 0.15) is 18.4 Å². The largest absolute Gasteiger partial charge is 0.488 e. The fourth-order valence-electron chi connectivity index (χ4n) is 3.54. The molecule has 0 bridgehead atoms. The SMILES string of the molecule is COC(=O)[C@H](C)N1C(=O)S/C(=C/c2ccc(OCc3cccc4ccccc34)c(Br)c2)C1=O. The number of carbonyl (C=O) groups excluding carboxylic acids is 3. The van der Waals surface area contributed by atoms with E-state index in [-0.39, 0.29) is 4.91 Å². The molecule has 4 rings (SSSR count). The van der Waals surface area contributed by atoms with E-state index in [9.17, 15) is 14.4 Å². The number of hydrogen-bond donors (Lipinski definition) is 0. The van der Waals surface area contributed by atoms with Crippen LogP contribution in [0.3, 0.4) is 0 Å². The third-order valence-electron chi connectivity index (χ3n) is 5.27. The number of esters is 1. The zero-order chi connectivity index (χ0) is 23.5. The fraction of sp³-hybridized carbons (Fsp3) is 0.160. The average molecular weight is 526 g/mol. The number of halogens is 1. The van der Waals surface area contributed by atoms with Gasteiger partial charge >= 0.3 is 5.97 Å². The van der Waals surface area contributed by atoms with Gasteiger partial charge in [-0.1, -0.05) is 48.5 Å². The summed E-state index contributed by atoms with van der Waals surface area (Å²) in [4.78, 5) is 37.9. The molecule has 1 aliphatic rings. The summed E-state index contributed by atoms with van der Waals surface area (Å²) in [6.07, 6.45) is 1.62. The maximum absolute atomic E-state index is 12.7. The number of rotatable bonds is 6. The molecule has 1 atom stereocenters. The van der Waals surface area contributed by atoms with Crippen molar-refractivity contribution in [2.75, 3.05) is 7.11 Å². The van der Waals surface area contributed by atoms with Gasteiger partial charge in [0.2, 0.25) is 0 Å². The molecule has 1 aliphatic heterocycles. The van der Waals surface area contributed by atoms with E-state index in [1.807, 2.05) is 36.4 Å². The predicted octanol–water partition coefficient (Wildman–Crippen LogP) is 5.78. The van der Waals surface area contributed by atoms with Crippen molar-refractivity contribution in [1.29, 1.82) is 0 Å². The highest BCUT2D eigenvalue weighted by Gasteiger charge is 2.41. The van der Waals surface area contributed by atoms with Gasteiger partial charge in [0, 0.05) is 0 Å². The Kier molecular flexibility index (Phi) is 6.85. The molecule has 1 saturated heterocycles. The highest BCUT2D eigenvalue weighted by atomic mass is 79.9. The number of fused-ring (bicyclic) bond motifs is 1. The van der Waals surface area contributed by atoms with Crippen molar-refractivity contribution in [2.45, 2.75) is 19.6 Å². The number of benzene rings is 3. The quantitative estimate of drug-likeness (QED) is 0.300. The molecule has 1 fully saturated rings. The van der Waals surface area contributed by atoms with E-state index in [1.165, 1.54) is 14.0 Å². The van der Waals surface area contributed by atoms with E-state index >= 15 is 0 Å². The van der Waals surface area contributed by atoms with E-state index in [1.54, 1.807) is 12.1 Å². The number of imide groups is 1. The minimum absolute atomic E-state index is 0.243. The zero-order valence-corrected chi connectivity index (χ0v) is 20.3. The third-order valence-corrected chi connectivity index (χ3v) is 6.77. The second-order valence-electron chi connectivity index (χ2n) is 7.37. The number of amides is 2. The summed E-state index contributed by atoms with van der Waals surface area (Å²) in [5.74, 6) is -0.503. The Morgan fingerprint density at radius 2 is 1.88 bits per heavy atom. The average Bonchev–Trinajstić information content (AvgIpc) is 3.10. The summed E-state index contributed by atoms with van der Waals surface area (Å²) < 4.78 is 11.4. The van der Waals surface area contributed by atoms with E-state index in [4.69, 9.17) is 4.74 Å². The first-order valence-electron chi connectivity index (χ1n) is 10.1.